The summed E-state index contributed by atoms with van der Waals surface area (Å²) < 4.78 is 29.2. The van der Waals surface area contributed by atoms with E-state index < -0.39 is 10.0 Å². The van der Waals surface area contributed by atoms with Crippen LogP contribution in [0, 0.1) is 0 Å². The summed E-state index contributed by atoms with van der Waals surface area (Å²) in [6.45, 7) is 3.51. The molecule has 0 saturated carbocycles. The first-order chi connectivity index (χ1) is 7.90. The molecule has 1 amide bonds. The van der Waals surface area contributed by atoms with Crippen LogP contribution in [0.1, 0.15) is 6.92 Å². The Hall–Kier alpha value is -0.700. The molecular weight excluding hydrogens is 246 g/mol. The highest BCUT2D eigenvalue weighted by atomic mass is 32.2. The van der Waals surface area contributed by atoms with Crippen LogP contribution >= 0.6 is 0 Å². The van der Waals surface area contributed by atoms with Gasteiger partial charge in [0.2, 0.25) is 15.9 Å². The molecule has 2 atom stereocenters. The lowest BCUT2D eigenvalue weighted by Crippen LogP contribution is -2.56. The third-order valence-corrected chi connectivity index (χ3v) is 3.12. The predicted octanol–water partition coefficient (Wildman–Crippen LogP) is -1.97. The zero-order chi connectivity index (χ0) is 12.9. The molecule has 1 saturated heterocycles. The fourth-order valence-corrected chi connectivity index (χ4v) is 2.03. The summed E-state index contributed by atoms with van der Waals surface area (Å²) in [4.78, 5) is 11.7. The van der Waals surface area contributed by atoms with Gasteiger partial charge in [-0.15, -0.1) is 0 Å². The fourth-order valence-electron chi connectivity index (χ4n) is 1.56. The molecule has 1 aliphatic rings. The molecule has 100 valence electrons. The second-order valence-corrected chi connectivity index (χ2v) is 5.80. The average Bonchev–Trinajstić information content (AvgIpc) is 2.23. The lowest BCUT2D eigenvalue weighted by molar-refractivity contribution is -0.128. The predicted molar refractivity (Wildman–Crippen MR) is 63.1 cm³/mol. The van der Waals surface area contributed by atoms with Gasteiger partial charge in [0.15, 0.2) is 0 Å². The molecule has 8 heteroatoms. The second kappa shape index (κ2) is 6.29. The van der Waals surface area contributed by atoms with Gasteiger partial charge in [-0.3, -0.25) is 4.79 Å². The van der Waals surface area contributed by atoms with Crippen LogP contribution in [0.15, 0.2) is 0 Å². The van der Waals surface area contributed by atoms with Gasteiger partial charge in [0, 0.05) is 19.6 Å². The molecule has 7 nitrogen and oxygen atoms in total. The number of carbonyl (C=O) groups is 1. The summed E-state index contributed by atoms with van der Waals surface area (Å²) in [7, 11) is -3.20. The van der Waals surface area contributed by atoms with E-state index in [1.165, 1.54) is 0 Å². The maximum atomic E-state index is 11.7. The number of amides is 1. The van der Waals surface area contributed by atoms with Gasteiger partial charge >= 0.3 is 0 Å². The zero-order valence-electron chi connectivity index (χ0n) is 10.0. The van der Waals surface area contributed by atoms with Crippen molar-refractivity contribution in [3.8, 4) is 0 Å². The molecule has 1 fully saturated rings. The van der Waals surface area contributed by atoms with Crippen molar-refractivity contribution in [1.82, 2.24) is 15.4 Å². The lowest BCUT2D eigenvalue weighted by atomic mass is 10.1. The summed E-state index contributed by atoms with van der Waals surface area (Å²) in [5.74, 6) is -0.174. The molecule has 0 aliphatic carbocycles. The van der Waals surface area contributed by atoms with Crippen LogP contribution < -0.4 is 15.4 Å². The third-order valence-electron chi connectivity index (χ3n) is 2.39. The molecule has 0 spiro atoms. The highest BCUT2D eigenvalue weighted by Gasteiger charge is 2.27. The molecule has 1 aliphatic heterocycles. The molecule has 0 aromatic rings. The van der Waals surface area contributed by atoms with E-state index in [-0.39, 0.29) is 31.1 Å². The first kappa shape index (κ1) is 14.4. The van der Waals surface area contributed by atoms with Gasteiger partial charge < -0.3 is 15.4 Å². The molecule has 17 heavy (non-hydrogen) atoms. The Morgan fingerprint density at radius 3 is 2.76 bits per heavy atom. The van der Waals surface area contributed by atoms with E-state index in [9.17, 15) is 13.2 Å². The summed E-state index contributed by atoms with van der Waals surface area (Å²) in [5.41, 5.74) is 0. The Balaban J connectivity index is 2.24. The number of sulfonamides is 1. The molecule has 0 aromatic carbocycles. The van der Waals surface area contributed by atoms with Crippen molar-refractivity contribution < 1.29 is 17.9 Å². The first-order valence-electron chi connectivity index (χ1n) is 5.47. The minimum atomic E-state index is -3.20. The number of rotatable bonds is 5. The van der Waals surface area contributed by atoms with Gasteiger partial charge in [0.25, 0.3) is 0 Å². The summed E-state index contributed by atoms with van der Waals surface area (Å²) in [6, 6.07) is -0.373. The summed E-state index contributed by atoms with van der Waals surface area (Å²) >= 11 is 0. The van der Waals surface area contributed by atoms with Crippen LogP contribution in [0.2, 0.25) is 0 Å². The SMILES string of the molecule is C[C@H]1OCCN[C@@H]1C(=O)NCCNS(C)(=O)=O. The van der Waals surface area contributed by atoms with E-state index >= 15 is 0 Å². The Morgan fingerprint density at radius 2 is 2.18 bits per heavy atom. The maximum Gasteiger partial charge on any atom is 0.239 e. The zero-order valence-corrected chi connectivity index (χ0v) is 10.8. The first-order valence-corrected chi connectivity index (χ1v) is 7.36. The van der Waals surface area contributed by atoms with Gasteiger partial charge in [-0.05, 0) is 6.92 Å². The van der Waals surface area contributed by atoms with E-state index in [2.05, 4.69) is 15.4 Å². The van der Waals surface area contributed by atoms with Crippen molar-refractivity contribution in [2.24, 2.45) is 0 Å². The quantitative estimate of drug-likeness (QED) is 0.501. The normalized spacial score (nSPS) is 25.5. The standard InChI is InChI=1S/C9H19N3O4S/c1-7-8(10-5-6-16-7)9(13)11-3-4-12-17(2,14)15/h7-8,10,12H,3-6H2,1-2H3,(H,11,13)/t7-,8+/m1/s1. The van der Waals surface area contributed by atoms with Gasteiger partial charge in [-0.25, -0.2) is 13.1 Å². The van der Waals surface area contributed by atoms with E-state index in [0.717, 1.165) is 6.26 Å². The maximum absolute atomic E-state index is 11.7. The monoisotopic (exact) mass is 265 g/mol. The van der Waals surface area contributed by atoms with E-state index in [4.69, 9.17) is 4.74 Å². The number of carbonyl (C=O) groups excluding carboxylic acids is 1. The second-order valence-electron chi connectivity index (χ2n) is 3.97. The Bertz CT molecular complexity index is 357. The number of nitrogens with one attached hydrogen (secondary N) is 3. The molecule has 0 radical (unpaired) electrons. The Morgan fingerprint density at radius 1 is 1.47 bits per heavy atom. The van der Waals surface area contributed by atoms with Crippen molar-refractivity contribution in [2.75, 3.05) is 32.5 Å². The van der Waals surface area contributed by atoms with Crippen molar-refractivity contribution >= 4 is 15.9 Å². The van der Waals surface area contributed by atoms with Gasteiger partial charge in [-0.1, -0.05) is 0 Å². The summed E-state index contributed by atoms with van der Waals surface area (Å²) in [5, 5.41) is 5.70. The fraction of sp³-hybridized carbons (Fsp3) is 0.889. The minimum Gasteiger partial charge on any atom is -0.375 e. The third kappa shape index (κ3) is 5.44. The van der Waals surface area contributed by atoms with Crippen LogP contribution in [-0.4, -0.2) is 59.0 Å². The van der Waals surface area contributed by atoms with Crippen molar-refractivity contribution in [2.45, 2.75) is 19.1 Å². The average molecular weight is 265 g/mol. The van der Waals surface area contributed by atoms with E-state index in [0.29, 0.717) is 13.2 Å². The number of ether oxygens (including phenoxy) is 1. The van der Waals surface area contributed by atoms with Crippen molar-refractivity contribution in [3.63, 3.8) is 0 Å². The molecule has 0 aromatic heterocycles. The highest BCUT2D eigenvalue weighted by Crippen LogP contribution is 2.03. The van der Waals surface area contributed by atoms with E-state index in [1.54, 1.807) is 0 Å². The van der Waals surface area contributed by atoms with Gasteiger partial charge in [0.05, 0.1) is 19.0 Å². The van der Waals surface area contributed by atoms with E-state index in [1.807, 2.05) is 6.92 Å². The highest BCUT2D eigenvalue weighted by molar-refractivity contribution is 7.88. The molecule has 3 N–H and O–H groups in total. The van der Waals surface area contributed by atoms with Crippen LogP contribution in [0.4, 0.5) is 0 Å². The van der Waals surface area contributed by atoms with Gasteiger partial charge in [0.1, 0.15) is 6.04 Å². The van der Waals surface area contributed by atoms with Crippen molar-refractivity contribution in [1.29, 1.82) is 0 Å². The minimum absolute atomic E-state index is 0.174. The topological polar surface area (TPSA) is 96.5 Å². The summed E-state index contributed by atoms with van der Waals surface area (Å²) in [6.07, 6.45) is 0.902. The van der Waals surface area contributed by atoms with Gasteiger partial charge in [-0.2, -0.15) is 0 Å². The molecule has 0 unspecified atom stereocenters. The molecule has 1 heterocycles. The number of hydrogen-bond donors (Lipinski definition) is 3. The van der Waals surface area contributed by atoms with Crippen molar-refractivity contribution in [3.05, 3.63) is 0 Å². The van der Waals surface area contributed by atoms with Crippen LogP contribution in [0.25, 0.3) is 0 Å². The van der Waals surface area contributed by atoms with Crippen LogP contribution in [-0.2, 0) is 19.6 Å². The Labute approximate surface area is 101 Å². The smallest absolute Gasteiger partial charge is 0.239 e. The lowest BCUT2D eigenvalue weighted by Gasteiger charge is -2.29. The largest absolute Gasteiger partial charge is 0.375 e. The molecule has 0 bridgehead atoms. The number of hydrogen-bond acceptors (Lipinski definition) is 5. The number of morpholine rings is 1. The molecule has 1 rings (SSSR count). The van der Waals surface area contributed by atoms with Crippen LogP contribution in [0.5, 0.6) is 0 Å². The van der Waals surface area contributed by atoms with Crippen LogP contribution in [0.3, 0.4) is 0 Å². The molecular formula is C9H19N3O4S. The Kier molecular flexibility index (Phi) is 5.31.